The summed E-state index contributed by atoms with van der Waals surface area (Å²) in [5, 5.41) is 0. The Kier molecular flexibility index (Phi) is 3.61. The second kappa shape index (κ2) is 5.55. The predicted molar refractivity (Wildman–Crippen MR) is 82.5 cm³/mol. The minimum Gasteiger partial charge on any atom is -0.236 e. The molecule has 3 heteroatoms. The van der Waals surface area contributed by atoms with Crippen molar-refractivity contribution in [2.75, 3.05) is 6.26 Å². The highest BCUT2D eigenvalue weighted by molar-refractivity contribution is 7.98. The van der Waals surface area contributed by atoms with E-state index < -0.39 is 0 Å². The molecule has 20 heavy (non-hydrogen) atoms. The zero-order valence-electron chi connectivity index (χ0n) is 11.5. The van der Waals surface area contributed by atoms with Gasteiger partial charge < -0.3 is 0 Å². The standard InChI is InChI=1S/C17H16NOS/c1-18-12-16(13-6-4-3-5-7-13)17(19-18)14-8-10-15(20-2)11-9-14/h3-12H,1-2H3/q+1. The van der Waals surface area contributed by atoms with Gasteiger partial charge in [-0.05, 0) is 40.8 Å². The SMILES string of the molecule is CSc1ccc(-c2o[n+](C)cc2-c2ccccc2)cc1. The maximum atomic E-state index is 5.84. The average molecular weight is 282 g/mol. The van der Waals surface area contributed by atoms with Gasteiger partial charge in [0.05, 0.1) is 0 Å². The van der Waals surface area contributed by atoms with Crippen LogP contribution in [-0.4, -0.2) is 6.26 Å². The van der Waals surface area contributed by atoms with Crippen LogP contribution in [0, 0.1) is 0 Å². The summed E-state index contributed by atoms with van der Waals surface area (Å²) in [6.07, 6.45) is 4.10. The Morgan fingerprint density at radius 3 is 2.25 bits per heavy atom. The van der Waals surface area contributed by atoms with Crippen molar-refractivity contribution in [1.82, 2.24) is 0 Å². The first kappa shape index (κ1) is 13.0. The highest BCUT2D eigenvalue weighted by atomic mass is 32.2. The van der Waals surface area contributed by atoms with E-state index in [1.54, 1.807) is 16.5 Å². The van der Waals surface area contributed by atoms with Crippen molar-refractivity contribution in [2.24, 2.45) is 7.05 Å². The molecule has 0 saturated carbocycles. The third-order valence-corrected chi connectivity index (χ3v) is 3.97. The molecule has 0 fully saturated rings. The molecule has 0 saturated heterocycles. The third-order valence-electron chi connectivity index (χ3n) is 3.23. The van der Waals surface area contributed by atoms with Gasteiger partial charge in [0.2, 0.25) is 12.0 Å². The lowest BCUT2D eigenvalue weighted by molar-refractivity contribution is -0.843. The van der Waals surface area contributed by atoms with Crippen LogP contribution in [0.3, 0.4) is 0 Å². The molecule has 0 radical (unpaired) electrons. The van der Waals surface area contributed by atoms with Crippen molar-refractivity contribution < 1.29 is 9.26 Å². The largest absolute Gasteiger partial charge is 0.236 e. The summed E-state index contributed by atoms with van der Waals surface area (Å²) in [4.78, 5) is 1.26. The van der Waals surface area contributed by atoms with E-state index in [2.05, 4.69) is 42.7 Å². The number of hydrogen-bond donors (Lipinski definition) is 0. The van der Waals surface area contributed by atoms with Gasteiger partial charge >= 0.3 is 0 Å². The molecule has 0 amide bonds. The quantitative estimate of drug-likeness (QED) is 0.530. The van der Waals surface area contributed by atoms with E-state index in [-0.39, 0.29) is 0 Å². The molecule has 0 spiro atoms. The monoisotopic (exact) mass is 282 g/mol. The van der Waals surface area contributed by atoms with Gasteiger partial charge in [0, 0.05) is 10.5 Å². The highest BCUT2D eigenvalue weighted by Gasteiger charge is 2.18. The fourth-order valence-electron chi connectivity index (χ4n) is 2.23. The van der Waals surface area contributed by atoms with Crippen molar-refractivity contribution in [3.8, 4) is 22.5 Å². The summed E-state index contributed by atoms with van der Waals surface area (Å²) in [5.74, 6) is 0.909. The molecule has 0 aliphatic rings. The molecule has 1 heterocycles. The van der Waals surface area contributed by atoms with Gasteiger partial charge in [-0.25, -0.2) is 4.52 Å². The molecular weight excluding hydrogens is 266 g/mol. The van der Waals surface area contributed by atoms with E-state index in [1.807, 2.05) is 31.4 Å². The van der Waals surface area contributed by atoms with E-state index in [9.17, 15) is 0 Å². The van der Waals surface area contributed by atoms with Gasteiger partial charge in [-0.1, -0.05) is 30.3 Å². The number of nitrogens with zero attached hydrogens (tertiary/aromatic N) is 1. The smallest absolute Gasteiger partial charge is 0.227 e. The number of aromatic nitrogens is 1. The number of benzene rings is 2. The van der Waals surface area contributed by atoms with Gasteiger partial charge in [-0.15, -0.1) is 11.8 Å². The van der Waals surface area contributed by atoms with Crippen molar-refractivity contribution in [1.29, 1.82) is 0 Å². The van der Waals surface area contributed by atoms with Crippen LogP contribution in [-0.2, 0) is 7.05 Å². The zero-order valence-corrected chi connectivity index (χ0v) is 12.4. The van der Waals surface area contributed by atoms with E-state index in [0.29, 0.717) is 0 Å². The molecule has 0 atom stereocenters. The van der Waals surface area contributed by atoms with E-state index in [0.717, 1.165) is 16.9 Å². The minimum absolute atomic E-state index is 0.909. The van der Waals surface area contributed by atoms with Gasteiger partial charge in [0.25, 0.3) is 0 Å². The van der Waals surface area contributed by atoms with Gasteiger partial charge in [-0.2, -0.15) is 0 Å². The Labute approximate surface area is 123 Å². The molecule has 2 aromatic carbocycles. The first-order chi connectivity index (χ1) is 9.78. The lowest BCUT2D eigenvalue weighted by atomic mass is 10.0. The Morgan fingerprint density at radius 2 is 1.60 bits per heavy atom. The van der Waals surface area contributed by atoms with Crippen molar-refractivity contribution in [2.45, 2.75) is 4.90 Å². The summed E-state index contributed by atoms with van der Waals surface area (Å²) in [6, 6.07) is 18.8. The first-order valence-electron chi connectivity index (χ1n) is 6.48. The molecule has 3 rings (SSSR count). The summed E-state index contributed by atoms with van der Waals surface area (Å²) in [7, 11) is 1.91. The maximum Gasteiger partial charge on any atom is 0.227 e. The fourth-order valence-corrected chi connectivity index (χ4v) is 2.64. The summed E-state index contributed by atoms with van der Waals surface area (Å²) in [6.45, 7) is 0. The lowest BCUT2D eigenvalue weighted by Gasteiger charge is -2.00. The average Bonchev–Trinajstić information content (AvgIpc) is 2.90. The normalized spacial score (nSPS) is 10.7. The first-order valence-corrected chi connectivity index (χ1v) is 7.70. The van der Waals surface area contributed by atoms with Crippen molar-refractivity contribution >= 4 is 11.8 Å². The number of hydrogen-bond acceptors (Lipinski definition) is 2. The highest BCUT2D eigenvalue weighted by Crippen LogP contribution is 2.31. The zero-order chi connectivity index (χ0) is 13.9. The van der Waals surface area contributed by atoms with Crippen LogP contribution in [0.25, 0.3) is 22.5 Å². The Morgan fingerprint density at radius 1 is 0.900 bits per heavy atom. The molecule has 0 bridgehead atoms. The molecule has 0 aliphatic heterocycles. The number of thioether (sulfide) groups is 1. The van der Waals surface area contributed by atoms with Crippen molar-refractivity contribution in [3.05, 3.63) is 60.8 Å². The number of aryl methyl sites for hydroxylation is 1. The van der Waals surface area contributed by atoms with E-state index in [4.69, 9.17) is 4.52 Å². The van der Waals surface area contributed by atoms with Gasteiger partial charge in [0.1, 0.15) is 5.56 Å². The molecule has 100 valence electrons. The third kappa shape index (κ3) is 2.49. The Balaban J connectivity index is 2.09. The molecule has 1 aromatic heterocycles. The fraction of sp³-hybridized carbons (Fsp3) is 0.118. The van der Waals surface area contributed by atoms with Crippen LogP contribution < -0.4 is 4.74 Å². The number of rotatable bonds is 3. The summed E-state index contributed by atoms with van der Waals surface area (Å²) < 4.78 is 7.59. The van der Waals surface area contributed by atoms with Gasteiger partial charge in [0.15, 0.2) is 7.05 Å². The van der Waals surface area contributed by atoms with Crippen LogP contribution in [0.1, 0.15) is 0 Å². The maximum absolute atomic E-state index is 5.84. The molecule has 0 unspecified atom stereocenters. The van der Waals surface area contributed by atoms with E-state index in [1.165, 1.54) is 10.5 Å². The van der Waals surface area contributed by atoms with Crippen LogP contribution >= 0.6 is 11.8 Å². The van der Waals surface area contributed by atoms with Crippen LogP contribution in [0.5, 0.6) is 0 Å². The van der Waals surface area contributed by atoms with Gasteiger partial charge in [-0.3, -0.25) is 0 Å². The summed E-state index contributed by atoms with van der Waals surface area (Å²) in [5.41, 5.74) is 3.38. The predicted octanol–water partition coefficient (Wildman–Crippen LogP) is 4.16. The molecule has 0 N–H and O–H groups in total. The molecule has 3 aromatic rings. The van der Waals surface area contributed by atoms with Crippen LogP contribution in [0.2, 0.25) is 0 Å². The second-order valence-corrected chi connectivity index (χ2v) is 5.48. The molecule has 0 aliphatic carbocycles. The molecular formula is C17H16NOS+. The minimum atomic E-state index is 0.909. The topological polar surface area (TPSA) is 17.0 Å². The van der Waals surface area contributed by atoms with Crippen LogP contribution in [0.4, 0.5) is 0 Å². The van der Waals surface area contributed by atoms with E-state index >= 15 is 0 Å². The lowest BCUT2D eigenvalue weighted by Crippen LogP contribution is -2.22. The second-order valence-electron chi connectivity index (χ2n) is 4.60. The Bertz CT molecular complexity index is 702. The van der Waals surface area contributed by atoms with Crippen LogP contribution in [0.15, 0.2) is 70.2 Å². The Hall–Kier alpha value is -2.00. The summed E-state index contributed by atoms with van der Waals surface area (Å²) >= 11 is 1.74. The molecule has 2 nitrogen and oxygen atoms in total. The van der Waals surface area contributed by atoms with Crippen molar-refractivity contribution in [3.63, 3.8) is 0 Å².